The molecule has 0 spiro atoms. The topological polar surface area (TPSA) is 89.2 Å². The van der Waals surface area contributed by atoms with Crippen molar-refractivity contribution in [3.63, 3.8) is 0 Å². The van der Waals surface area contributed by atoms with Crippen LogP contribution in [0.15, 0.2) is 30.7 Å². The Balaban J connectivity index is 2.16. The van der Waals surface area contributed by atoms with E-state index in [2.05, 4.69) is 10.4 Å². The molecule has 1 amide bonds. The van der Waals surface area contributed by atoms with E-state index in [1.807, 2.05) is 24.5 Å². The molecule has 21 heavy (non-hydrogen) atoms. The number of carbonyl (C=O) groups excluding carboxylic acids is 1. The fraction of sp³-hybridized carbons (Fsp3) is 0.357. The minimum Gasteiger partial charge on any atom is -0.481 e. The standard InChI is InChI=1S/C14H18N4O3/c1-3-10(14(20)21)8-15-12(19)11-9-16-17(2)13(11)18-6-4-5-7-18/h4-7,9-10H,3,8H2,1-2H3,(H,15,19)(H,20,21). The van der Waals surface area contributed by atoms with E-state index in [1.165, 1.54) is 6.20 Å². The summed E-state index contributed by atoms with van der Waals surface area (Å²) in [4.78, 5) is 23.2. The van der Waals surface area contributed by atoms with E-state index in [0.717, 1.165) is 0 Å². The van der Waals surface area contributed by atoms with Crippen LogP contribution in [0.2, 0.25) is 0 Å². The summed E-state index contributed by atoms with van der Waals surface area (Å²) < 4.78 is 3.39. The fourth-order valence-electron chi connectivity index (χ4n) is 2.09. The summed E-state index contributed by atoms with van der Waals surface area (Å²) in [7, 11) is 1.75. The molecule has 0 bridgehead atoms. The molecule has 2 rings (SSSR count). The van der Waals surface area contributed by atoms with Gasteiger partial charge in [0.05, 0.1) is 12.1 Å². The number of hydrogen-bond donors (Lipinski definition) is 2. The molecule has 2 N–H and O–H groups in total. The lowest BCUT2D eigenvalue weighted by Gasteiger charge is -2.12. The van der Waals surface area contributed by atoms with Gasteiger partial charge in [-0.25, -0.2) is 0 Å². The zero-order chi connectivity index (χ0) is 15.4. The van der Waals surface area contributed by atoms with Gasteiger partial charge in [-0.2, -0.15) is 5.10 Å². The molecule has 7 nitrogen and oxygen atoms in total. The monoisotopic (exact) mass is 290 g/mol. The van der Waals surface area contributed by atoms with Gasteiger partial charge in [0.1, 0.15) is 11.4 Å². The predicted molar refractivity (Wildman–Crippen MR) is 76.3 cm³/mol. The molecule has 0 fully saturated rings. The Labute approximate surface area is 122 Å². The average Bonchev–Trinajstić information content (AvgIpc) is 3.07. The quantitative estimate of drug-likeness (QED) is 0.832. The summed E-state index contributed by atoms with van der Waals surface area (Å²) in [6, 6.07) is 3.71. The summed E-state index contributed by atoms with van der Waals surface area (Å²) in [6.45, 7) is 1.88. The highest BCUT2D eigenvalue weighted by molar-refractivity contribution is 5.97. The second-order valence-corrected chi connectivity index (χ2v) is 4.75. The van der Waals surface area contributed by atoms with Gasteiger partial charge in [-0.15, -0.1) is 0 Å². The van der Waals surface area contributed by atoms with Gasteiger partial charge in [-0.05, 0) is 18.6 Å². The number of rotatable bonds is 6. The van der Waals surface area contributed by atoms with Crippen molar-refractivity contribution in [2.24, 2.45) is 13.0 Å². The summed E-state index contributed by atoms with van der Waals surface area (Å²) in [5, 5.41) is 15.7. The van der Waals surface area contributed by atoms with Gasteiger partial charge in [0.25, 0.3) is 5.91 Å². The maximum Gasteiger partial charge on any atom is 0.308 e. The van der Waals surface area contributed by atoms with Crippen LogP contribution < -0.4 is 5.32 Å². The Bertz CT molecular complexity index is 631. The van der Waals surface area contributed by atoms with E-state index in [9.17, 15) is 9.59 Å². The number of carboxylic acid groups (broad SMARTS) is 1. The zero-order valence-electron chi connectivity index (χ0n) is 12.0. The SMILES string of the molecule is CCC(CNC(=O)c1cnn(C)c1-n1cccc1)C(=O)O. The van der Waals surface area contributed by atoms with Gasteiger partial charge in [0.15, 0.2) is 0 Å². The molecule has 112 valence electrons. The smallest absolute Gasteiger partial charge is 0.308 e. The Morgan fingerprint density at radius 3 is 2.62 bits per heavy atom. The van der Waals surface area contributed by atoms with Crippen molar-refractivity contribution in [2.75, 3.05) is 6.54 Å². The molecule has 1 atom stereocenters. The van der Waals surface area contributed by atoms with Crippen molar-refractivity contribution in [3.05, 3.63) is 36.3 Å². The Morgan fingerprint density at radius 2 is 2.05 bits per heavy atom. The molecule has 7 heteroatoms. The van der Waals surface area contributed by atoms with Crippen LogP contribution in [-0.4, -0.2) is 37.9 Å². The lowest BCUT2D eigenvalue weighted by atomic mass is 10.1. The van der Waals surface area contributed by atoms with Crippen molar-refractivity contribution in [3.8, 4) is 5.82 Å². The van der Waals surface area contributed by atoms with Gasteiger partial charge < -0.3 is 15.0 Å². The van der Waals surface area contributed by atoms with Crippen LogP contribution in [-0.2, 0) is 11.8 Å². The van der Waals surface area contributed by atoms with Gasteiger partial charge in [-0.1, -0.05) is 6.92 Å². The van der Waals surface area contributed by atoms with Crippen LogP contribution in [0.5, 0.6) is 0 Å². The zero-order valence-corrected chi connectivity index (χ0v) is 12.0. The summed E-state index contributed by atoms with van der Waals surface area (Å²) in [5.74, 6) is -1.18. The molecular weight excluding hydrogens is 272 g/mol. The third kappa shape index (κ3) is 3.13. The van der Waals surface area contributed by atoms with Crippen molar-refractivity contribution < 1.29 is 14.7 Å². The van der Waals surface area contributed by atoms with E-state index in [1.54, 1.807) is 23.2 Å². The first-order valence-corrected chi connectivity index (χ1v) is 6.71. The van der Waals surface area contributed by atoms with Crippen molar-refractivity contribution in [1.29, 1.82) is 0 Å². The molecule has 1 unspecified atom stereocenters. The van der Waals surface area contributed by atoms with Crippen molar-refractivity contribution in [2.45, 2.75) is 13.3 Å². The first kappa shape index (κ1) is 14.8. The summed E-state index contributed by atoms with van der Waals surface area (Å²) in [5.41, 5.74) is 0.411. The minimum atomic E-state index is -0.908. The number of aromatic nitrogens is 3. The number of hydrogen-bond acceptors (Lipinski definition) is 3. The maximum atomic E-state index is 12.2. The normalized spacial score (nSPS) is 12.1. The Morgan fingerprint density at radius 1 is 1.38 bits per heavy atom. The number of aryl methyl sites for hydroxylation is 1. The predicted octanol–water partition coefficient (Wildman–Crippen LogP) is 1.05. The second kappa shape index (κ2) is 6.25. The third-order valence-electron chi connectivity index (χ3n) is 3.35. The molecule has 0 saturated heterocycles. The first-order chi connectivity index (χ1) is 10.0. The molecule has 0 aliphatic rings. The van der Waals surface area contributed by atoms with E-state index in [4.69, 9.17) is 5.11 Å². The van der Waals surface area contributed by atoms with Gasteiger partial charge in [0, 0.05) is 26.0 Å². The lowest BCUT2D eigenvalue weighted by molar-refractivity contribution is -0.141. The number of nitrogens with zero attached hydrogens (tertiary/aromatic N) is 3. The molecule has 0 aliphatic heterocycles. The van der Waals surface area contributed by atoms with Crippen LogP contribution in [0.25, 0.3) is 5.82 Å². The van der Waals surface area contributed by atoms with Crippen LogP contribution in [0.3, 0.4) is 0 Å². The minimum absolute atomic E-state index is 0.102. The fourth-order valence-corrected chi connectivity index (χ4v) is 2.09. The maximum absolute atomic E-state index is 12.2. The van der Waals surface area contributed by atoms with Gasteiger partial charge in [0.2, 0.25) is 0 Å². The lowest BCUT2D eigenvalue weighted by Crippen LogP contribution is -2.33. The first-order valence-electron chi connectivity index (χ1n) is 6.71. The largest absolute Gasteiger partial charge is 0.481 e. The second-order valence-electron chi connectivity index (χ2n) is 4.75. The number of carbonyl (C=O) groups is 2. The van der Waals surface area contributed by atoms with Crippen LogP contribution in [0, 0.1) is 5.92 Å². The van der Waals surface area contributed by atoms with Gasteiger partial charge >= 0.3 is 5.97 Å². The number of carboxylic acids is 1. The average molecular weight is 290 g/mol. The van der Waals surface area contributed by atoms with Crippen LogP contribution >= 0.6 is 0 Å². The molecule has 0 saturated carbocycles. The summed E-state index contributed by atoms with van der Waals surface area (Å²) >= 11 is 0. The summed E-state index contributed by atoms with van der Waals surface area (Å²) in [6.07, 6.45) is 5.58. The van der Waals surface area contributed by atoms with Crippen molar-refractivity contribution >= 4 is 11.9 Å². The third-order valence-corrected chi connectivity index (χ3v) is 3.35. The van der Waals surface area contributed by atoms with Crippen molar-refractivity contribution in [1.82, 2.24) is 19.7 Å². The van der Waals surface area contributed by atoms with E-state index in [-0.39, 0.29) is 12.5 Å². The van der Waals surface area contributed by atoms with E-state index >= 15 is 0 Å². The van der Waals surface area contributed by atoms with E-state index in [0.29, 0.717) is 17.8 Å². The molecule has 2 aromatic rings. The molecular formula is C14H18N4O3. The molecule has 2 aromatic heterocycles. The molecule has 0 aromatic carbocycles. The highest BCUT2D eigenvalue weighted by atomic mass is 16.4. The molecule has 2 heterocycles. The molecule has 0 aliphatic carbocycles. The number of nitrogens with one attached hydrogen (secondary N) is 1. The Hall–Kier alpha value is -2.57. The Kier molecular flexibility index (Phi) is 4.42. The highest BCUT2D eigenvalue weighted by Gasteiger charge is 2.20. The molecule has 0 radical (unpaired) electrons. The van der Waals surface area contributed by atoms with Crippen LogP contribution in [0.4, 0.5) is 0 Å². The van der Waals surface area contributed by atoms with Crippen LogP contribution in [0.1, 0.15) is 23.7 Å². The highest BCUT2D eigenvalue weighted by Crippen LogP contribution is 2.14. The van der Waals surface area contributed by atoms with E-state index < -0.39 is 11.9 Å². The van der Waals surface area contributed by atoms with Gasteiger partial charge in [-0.3, -0.25) is 14.3 Å². The number of amides is 1. The number of aliphatic carboxylic acids is 1.